The van der Waals surface area contributed by atoms with Crippen LogP contribution in [-0.4, -0.2) is 65.8 Å². The van der Waals surface area contributed by atoms with Crippen molar-refractivity contribution in [1.82, 2.24) is 20.0 Å². The van der Waals surface area contributed by atoms with Crippen LogP contribution in [0.25, 0.3) is 0 Å². The van der Waals surface area contributed by atoms with Crippen molar-refractivity contribution in [2.75, 3.05) is 33.2 Å². The van der Waals surface area contributed by atoms with E-state index in [9.17, 15) is 14.4 Å². The smallest absolute Gasteiger partial charge is 0.322 e. The van der Waals surface area contributed by atoms with E-state index in [1.165, 1.54) is 0 Å². The average Bonchev–Trinajstić information content (AvgIpc) is 3.01. The number of aryl methyl sites for hydroxylation is 1. The molecule has 2 aliphatic heterocycles. The molecule has 0 aromatic heterocycles. The molecule has 1 atom stereocenters. The molecule has 150 valence electrons. The Bertz CT molecular complexity index is 833. The maximum absolute atomic E-state index is 13.2. The standard InChI is InChI=1S/C21H28N4O3/c1-5-23(4)17(26)10-11-24-13-16-18(20(24)27)19(22-21(28)25(16)6-2)15-9-7-8-14(3)12-15/h7-9,12,19H,5-6,10-11,13H2,1-4H3,(H,22,28). The van der Waals surface area contributed by atoms with Gasteiger partial charge >= 0.3 is 6.03 Å². The first-order valence-corrected chi connectivity index (χ1v) is 9.78. The van der Waals surface area contributed by atoms with Gasteiger partial charge in [-0.25, -0.2) is 4.79 Å². The zero-order valence-corrected chi connectivity index (χ0v) is 17.0. The number of carbonyl (C=O) groups is 3. The topological polar surface area (TPSA) is 73.0 Å². The molecule has 0 spiro atoms. The second-order valence-corrected chi connectivity index (χ2v) is 7.29. The van der Waals surface area contributed by atoms with Crippen molar-refractivity contribution >= 4 is 17.8 Å². The molecule has 2 heterocycles. The monoisotopic (exact) mass is 384 g/mol. The first-order valence-electron chi connectivity index (χ1n) is 9.78. The number of nitrogens with one attached hydrogen (secondary N) is 1. The predicted molar refractivity (Wildman–Crippen MR) is 106 cm³/mol. The average molecular weight is 384 g/mol. The maximum atomic E-state index is 13.2. The van der Waals surface area contributed by atoms with Crippen LogP contribution in [0.3, 0.4) is 0 Å². The third-order valence-corrected chi connectivity index (χ3v) is 5.48. The van der Waals surface area contributed by atoms with E-state index in [0.29, 0.717) is 31.8 Å². The molecular formula is C21H28N4O3. The van der Waals surface area contributed by atoms with Gasteiger partial charge in [-0.3, -0.25) is 14.5 Å². The Morgan fingerprint density at radius 1 is 1.29 bits per heavy atom. The van der Waals surface area contributed by atoms with E-state index >= 15 is 0 Å². The van der Waals surface area contributed by atoms with Gasteiger partial charge in [0, 0.05) is 33.1 Å². The van der Waals surface area contributed by atoms with Crippen LogP contribution in [0, 0.1) is 6.92 Å². The second kappa shape index (κ2) is 8.04. The third kappa shape index (κ3) is 3.61. The highest BCUT2D eigenvalue weighted by atomic mass is 16.2. The van der Waals surface area contributed by atoms with Gasteiger partial charge in [0.25, 0.3) is 5.91 Å². The fraction of sp³-hybridized carbons (Fsp3) is 0.476. The molecule has 7 heteroatoms. The Labute approximate surface area is 166 Å². The Balaban J connectivity index is 1.87. The van der Waals surface area contributed by atoms with Crippen LogP contribution in [0.2, 0.25) is 0 Å². The molecule has 0 fully saturated rings. The van der Waals surface area contributed by atoms with Crippen LogP contribution in [0.1, 0.15) is 37.4 Å². The first-order chi connectivity index (χ1) is 13.4. The molecule has 0 saturated heterocycles. The molecule has 0 bridgehead atoms. The summed E-state index contributed by atoms with van der Waals surface area (Å²) in [4.78, 5) is 42.9. The van der Waals surface area contributed by atoms with Crippen LogP contribution in [0.5, 0.6) is 0 Å². The summed E-state index contributed by atoms with van der Waals surface area (Å²) in [5.74, 6) is -0.0936. The first kappa shape index (κ1) is 19.9. The Kier molecular flexibility index (Phi) is 5.72. The Morgan fingerprint density at radius 2 is 2.04 bits per heavy atom. The molecule has 1 unspecified atom stereocenters. The van der Waals surface area contributed by atoms with Crippen molar-refractivity contribution < 1.29 is 14.4 Å². The minimum atomic E-state index is -0.461. The Hall–Kier alpha value is -2.83. The lowest BCUT2D eigenvalue weighted by Crippen LogP contribution is -2.47. The number of likely N-dealkylation sites (N-methyl/N-ethyl adjacent to an activating group) is 1. The molecule has 2 aliphatic rings. The predicted octanol–water partition coefficient (Wildman–Crippen LogP) is 2.05. The summed E-state index contributed by atoms with van der Waals surface area (Å²) in [6.45, 7) is 7.64. The fourth-order valence-electron chi connectivity index (χ4n) is 3.76. The second-order valence-electron chi connectivity index (χ2n) is 7.29. The number of rotatable bonds is 6. The lowest BCUT2D eigenvalue weighted by molar-refractivity contribution is -0.131. The summed E-state index contributed by atoms with van der Waals surface area (Å²) >= 11 is 0. The molecule has 3 rings (SSSR count). The van der Waals surface area contributed by atoms with Crippen LogP contribution < -0.4 is 5.32 Å². The number of nitrogens with zero attached hydrogens (tertiary/aromatic N) is 3. The van der Waals surface area contributed by atoms with Crippen LogP contribution in [0.4, 0.5) is 4.79 Å². The number of carbonyl (C=O) groups excluding carboxylic acids is 3. The highest BCUT2D eigenvalue weighted by Gasteiger charge is 2.43. The summed E-state index contributed by atoms with van der Waals surface area (Å²) in [6, 6.07) is 7.19. The van der Waals surface area contributed by atoms with E-state index in [4.69, 9.17) is 0 Å². The molecule has 1 aromatic rings. The summed E-state index contributed by atoms with van der Waals surface area (Å²) in [6.07, 6.45) is 0.277. The molecule has 0 radical (unpaired) electrons. The van der Waals surface area contributed by atoms with Crippen molar-refractivity contribution in [3.05, 3.63) is 46.7 Å². The summed E-state index contributed by atoms with van der Waals surface area (Å²) in [5, 5.41) is 2.98. The van der Waals surface area contributed by atoms with Crippen molar-refractivity contribution in [2.24, 2.45) is 0 Å². The Morgan fingerprint density at radius 3 is 2.68 bits per heavy atom. The van der Waals surface area contributed by atoms with E-state index in [1.54, 1.807) is 21.7 Å². The number of amides is 4. The summed E-state index contributed by atoms with van der Waals surface area (Å²) < 4.78 is 0. The maximum Gasteiger partial charge on any atom is 0.322 e. The normalized spacial score (nSPS) is 19.1. The number of hydrogen-bond acceptors (Lipinski definition) is 3. The molecule has 28 heavy (non-hydrogen) atoms. The zero-order valence-electron chi connectivity index (χ0n) is 17.0. The quantitative estimate of drug-likeness (QED) is 0.816. The lowest BCUT2D eigenvalue weighted by atomic mass is 9.94. The van der Waals surface area contributed by atoms with E-state index in [2.05, 4.69) is 5.32 Å². The minimum Gasteiger partial charge on any atom is -0.346 e. The van der Waals surface area contributed by atoms with Gasteiger partial charge in [0.2, 0.25) is 5.91 Å². The molecule has 1 aromatic carbocycles. The summed E-state index contributed by atoms with van der Waals surface area (Å²) in [5.41, 5.74) is 3.33. The van der Waals surface area contributed by atoms with E-state index < -0.39 is 6.04 Å². The van der Waals surface area contributed by atoms with Gasteiger partial charge in [-0.15, -0.1) is 0 Å². The van der Waals surface area contributed by atoms with Gasteiger partial charge in [0.05, 0.1) is 23.9 Å². The van der Waals surface area contributed by atoms with Gasteiger partial charge in [0.15, 0.2) is 0 Å². The fourth-order valence-corrected chi connectivity index (χ4v) is 3.76. The molecule has 0 saturated carbocycles. The third-order valence-electron chi connectivity index (χ3n) is 5.48. The van der Waals surface area contributed by atoms with Gasteiger partial charge in [-0.05, 0) is 26.3 Å². The van der Waals surface area contributed by atoms with Gasteiger partial charge in [-0.1, -0.05) is 29.8 Å². The van der Waals surface area contributed by atoms with E-state index in [-0.39, 0.29) is 24.3 Å². The number of urea groups is 1. The molecule has 7 nitrogen and oxygen atoms in total. The largest absolute Gasteiger partial charge is 0.346 e. The molecular weight excluding hydrogens is 356 g/mol. The van der Waals surface area contributed by atoms with E-state index in [1.807, 2.05) is 45.0 Å². The summed E-state index contributed by atoms with van der Waals surface area (Å²) in [7, 11) is 1.76. The van der Waals surface area contributed by atoms with Crippen molar-refractivity contribution in [2.45, 2.75) is 33.2 Å². The van der Waals surface area contributed by atoms with Gasteiger partial charge in [-0.2, -0.15) is 0 Å². The van der Waals surface area contributed by atoms with Crippen LogP contribution in [0.15, 0.2) is 35.5 Å². The van der Waals surface area contributed by atoms with Crippen molar-refractivity contribution in [3.8, 4) is 0 Å². The van der Waals surface area contributed by atoms with Crippen molar-refractivity contribution in [3.63, 3.8) is 0 Å². The number of benzene rings is 1. The SMILES string of the molecule is CCN(C)C(=O)CCN1CC2=C(C1=O)C(c1cccc(C)c1)NC(=O)N2CC. The van der Waals surface area contributed by atoms with Crippen molar-refractivity contribution in [1.29, 1.82) is 0 Å². The van der Waals surface area contributed by atoms with Gasteiger partial charge < -0.3 is 15.1 Å². The molecule has 4 amide bonds. The highest BCUT2D eigenvalue weighted by molar-refractivity contribution is 6.01. The zero-order chi connectivity index (χ0) is 20.4. The molecule has 1 N–H and O–H groups in total. The number of hydrogen-bond donors (Lipinski definition) is 1. The minimum absolute atomic E-state index is 0.0111. The lowest BCUT2D eigenvalue weighted by Gasteiger charge is -2.33. The van der Waals surface area contributed by atoms with Gasteiger partial charge in [0.1, 0.15) is 0 Å². The highest BCUT2D eigenvalue weighted by Crippen LogP contribution is 2.36. The van der Waals surface area contributed by atoms with E-state index in [0.717, 1.165) is 16.8 Å². The molecule has 0 aliphatic carbocycles. The van der Waals surface area contributed by atoms with Crippen LogP contribution in [-0.2, 0) is 9.59 Å². The van der Waals surface area contributed by atoms with Crippen LogP contribution >= 0.6 is 0 Å².